The lowest BCUT2D eigenvalue weighted by atomic mass is 10.1. The maximum atomic E-state index is 10.3. The third-order valence-corrected chi connectivity index (χ3v) is 1.49. The van der Waals surface area contributed by atoms with E-state index >= 15 is 0 Å². The van der Waals surface area contributed by atoms with E-state index in [1.807, 2.05) is 6.92 Å². The molecule has 0 rings (SSSR count). The van der Waals surface area contributed by atoms with Gasteiger partial charge in [0.1, 0.15) is 12.7 Å². The zero-order chi connectivity index (χ0) is 9.56. The molecule has 2 atom stereocenters. The lowest BCUT2D eigenvalue weighted by molar-refractivity contribution is -0.146. The Morgan fingerprint density at radius 1 is 1.42 bits per heavy atom. The van der Waals surface area contributed by atoms with E-state index in [4.69, 9.17) is 0 Å². The summed E-state index contributed by atoms with van der Waals surface area (Å²) < 4.78 is 4.52. The van der Waals surface area contributed by atoms with Gasteiger partial charge < -0.3 is 14.9 Å². The van der Waals surface area contributed by atoms with Crippen molar-refractivity contribution in [2.45, 2.75) is 38.9 Å². The van der Waals surface area contributed by atoms with Gasteiger partial charge in [-0.25, -0.2) is 0 Å². The van der Waals surface area contributed by atoms with Gasteiger partial charge in [-0.3, -0.25) is 4.79 Å². The number of esters is 1. The molecule has 0 aromatic rings. The maximum absolute atomic E-state index is 10.3. The quantitative estimate of drug-likeness (QED) is 0.582. The minimum Gasteiger partial charge on any atom is -0.463 e. The van der Waals surface area contributed by atoms with Gasteiger partial charge in [-0.05, 0) is 6.42 Å². The van der Waals surface area contributed by atoms with Crippen LogP contribution in [0.5, 0.6) is 0 Å². The largest absolute Gasteiger partial charge is 0.463 e. The number of ether oxygens (including phenoxy) is 1. The van der Waals surface area contributed by atoms with Crippen LogP contribution in [0.4, 0.5) is 0 Å². The van der Waals surface area contributed by atoms with E-state index in [0.717, 1.165) is 6.42 Å². The minimum atomic E-state index is -0.964. The molecule has 12 heavy (non-hydrogen) atoms. The van der Waals surface area contributed by atoms with Gasteiger partial charge in [-0.2, -0.15) is 0 Å². The number of carbonyl (C=O) groups is 1. The molecular formula is C8H16O4. The van der Waals surface area contributed by atoms with E-state index in [-0.39, 0.29) is 6.61 Å². The van der Waals surface area contributed by atoms with Gasteiger partial charge in [0.2, 0.25) is 0 Å². The van der Waals surface area contributed by atoms with Crippen molar-refractivity contribution in [3.8, 4) is 0 Å². The molecule has 0 fully saturated rings. The van der Waals surface area contributed by atoms with Crippen LogP contribution in [0.25, 0.3) is 0 Å². The van der Waals surface area contributed by atoms with Crippen LogP contribution in [0.3, 0.4) is 0 Å². The topological polar surface area (TPSA) is 66.8 Å². The summed E-state index contributed by atoms with van der Waals surface area (Å²) in [4.78, 5) is 10.3. The number of aliphatic hydroxyl groups is 2. The second-order valence-corrected chi connectivity index (χ2v) is 2.73. The predicted octanol–water partition coefficient (Wildman–Crippen LogP) is 0.0714. The highest BCUT2D eigenvalue weighted by Crippen LogP contribution is 2.02. The average molecular weight is 176 g/mol. The molecule has 0 aromatic carbocycles. The molecule has 4 heteroatoms. The van der Waals surface area contributed by atoms with Crippen molar-refractivity contribution in [3.05, 3.63) is 0 Å². The van der Waals surface area contributed by atoms with Crippen molar-refractivity contribution in [2.24, 2.45) is 0 Å². The molecule has 0 radical (unpaired) electrons. The lowest BCUT2D eigenvalue weighted by Crippen LogP contribution is -2.31. The molecule has 0 aliphatic heterocycles. The molecule has 72 valence electrons. The molecular weight excluding hydrogens is 160 g/mol. The summed E-state index contributed by atoms with van der Waals surface area (Å²) in [5.74, 6) is -0.447. The van der Waals surface area contributed by atoms with Crippen molar-refractivity contribution in [2.75, 3.05) is 6.61 Å². The monoisotopic (exact) mass is 176 g/mol. The zero-order valence-corrected chi connectivity index (χ0v) is 7.49. The van der Waals surface area contributed by atoms with E-state index in [0.29, 0.717) is 6.42 Å². The molecule has 4 nitrogen and oxygen atoms in total. The van der Waals surface area contributed by atoms with Crippen LogP contribution < -0.4 is 0 Å². The Labute approximate surface area is 72.2 Å². The number of hydrogen-bond donors (Lipinski definition) is 2. The van der Waals surface area contributed by atoms with Gasteiger partial charge in [-0.15, -0.1) is 0 Å². The molecule has 0 bridgehead atoms. The van der Waals surface area contributed by atoms with Crippen LogP contribution in [0, 0.1) is 0 Å². The van der Waals surface area contributed by atoms with Crippen LogP contribution in [0.15, 0.2) is 0 Å². The van der Waals surface area contributed by atoms with Crippen LogP contribution in [0.2, 0.25) is 0 Å². The molecule has 2 N–H and O–H groups in total. The van der Waals surface area contributed by atoms with Gasteiger partial charge in [-0.1, -0.05) is 13.3 Å². The molecule has 0 spiro atoms. The highest BCUT2D eigenvalue weighted by Gasteiger charge is 2.15. The van der Waals surface area contributed by atoms with Gasteiger partial charge in [0.25, 0.3) is 0 Å². The second kappa shape index (κ2) is 5.97. The van der Waals surface area contributed by atoms with E-state index in [9.17, 15) is 15.0 Å². The maximum Gasteiger partial charge on any atom is 0.302 e. The van der Waals surface area contributed by atoms with Crippen molar-refractivity contribution in [1.29, 1.82) is 0 Å². The summed E-state index contributed by atoms with van der Waals surface area (Å²) in [5, 5.41) is 18.4. The fourth-order valence-corrected chi connectivity index (χ4v) is 0.802. The Morgan fingerprint density at radius 3 is 2.42 bits per heavy atom. The third-order valence-electron chi connectivity index (χ3n) is 1.49. The van der Waals surface area contributed by atoms with Gasteiger partial charge in [0.05, 0.1) is 6.10 Å². The molecule has 0 aromatic heterocycles. The number of carbonyl (C=O) groups excluding carboxylic acids is 1. The smallest absolute Gasteiger partial charge is 0.302 e. The predicted molar refractivity (Wildman–Crippen MR) is 43.6 cm³/mol. The van der Waals surface area contributed by atoms with Crippen molar-refractivity contribution in [3.63, 3.8) is 0 Å². The van der Waals surface area contributed by atoms with Gasteiger partial charge in [0.15, 0.2) is 0 Å². The highest BCUT2D eigenvalue weighted by molar-refractivity contribution is 5.65. The van der Waals surface area contributed by atoms with Crippen LogP contribution in [-0.4, -0.2) is 35.0 Å². The molecule has 0 saturated carbocycles. The average Bonchev–Trinajstić information content (AvgIpc) is 2.00. The number of hydrogen-bond acceptors (Lipinski definition) is 4. The number of aliphatic hydroxyl groups excluding tert-OH is 2. The second-order valence-electron chi connectivity index (χ2n) is 2.73. The van der Waals surface area contributed by atoms with Crippen molar-refractivity contribution < 1.29 is 19.7 Å². The first kappa shape index (κ1) is 11.4. The summed E-state index contributed by atoms with van der Waals surface area (Å²) in [6, 6.07) is 0. The Morgan fingerprint density at radius 2 is 2.00 bits per heavy atom. The first-order chi connectivity index (χ1) is 5.57. The zero-order valence-electron chi connectivity index (χ0n) is 7.49. The SMILES string of the molecule is CCCC(O)C(O)COC(C)=O. The van der Waals surface area contributed by atoms with Crippen molar-refractivity contribution >= 4 is 5.97 Å². The summed E-state index contributed by atoms with van der Waals surface area (Å²) in [6.45, 7) is 3.04. The van der Waals surface area contributed by atoms with E-state index < -0.39 is 18.2 Å². The van der Waals surface area contributed by atoms with Crippen LogP contribution in [0.1, 0.15) is 26.7 Å². The molecule has 0 aliphatic rings. The molecule has 0 heterocycles. The molecule has 2 unspecified atom stereocenters. The Hall–Kier alpha value is -0.610. The Balaban J connectivity index is 3.55. The highest BCUT2D eigenvalue weighted by atomic mass is 16.5. The van der Waals surface area contributed by atoms with E-state index in [2.05, 4.69) is 4.74 Å². The summed E-state index contributed by atoms with van der Waals surface area (Å²) in [6.07, 6.45) is -0.455. The minimum absolute atomic E-state index is 0.128. The molecule has 0 amide bonds. The normalized spacial score (nSPS) is 15.3. The third kappa shape index (κ3) is 5.09. The lowest BCUT2D eigenvalue weighted by Gasteiger charge is -2.16. The molecule has 0 saturated heterocycles. The van der Waals surface area contributed by atoms with Crippen LogP contribution >= 0.6 is 0 Å². The Bertz CT molecular complexity index is 135. The van der Waals surface area contributed by atoms with E-state index in [1.165, 1.54) is 6.92 Å². The van der Waals surface area contributed by atoms with Gasteiger partial charge in [0, 0.05) is 6.92 Å². The Kier molecular flexibility index (Phi) is 5.66. The molecule has 0 aliphatic carbocycles. The first-order valence-corrected chi connectivity index (χ1v) is 4.07. The van der Waals surface area contributed by atoms with Crippen molar-refractivity contribution in [1.82, 2.24) is 0 Å². The van der Waals surface area contributed by atoms with Crippen LogP contribution in [-0.2, 0) is 9.53 Å². The summed E-state index contributed by atoms with van der Waals surface area (Å²) in [5.41, 5.74) is 0. The van der Waals surface area contributed by atoms with E-state index in [1.54, 1.807) is 0 Å². The fraction of sp³-hybridized carbons (Fsp3) is 0.875. The summed E-state index contributed by atoms with van der Waals surface area (Å²) in [7, 11) is 0. The standard InChI is InChI=1S/C8H16O4/c1-3-4-7(10)8(11)5-12-6(2)9/h7-8,10-11H,3-5H2,1-2H3. The van der Waals surface area contributed by atoms with Gasteiger partial charge >= 0.3 is 5.97 Å². The summed E-state index contributed by atoms with van der Waals surface area (Å²) >= 11 is 0. The number of rotatable bonds is 5. The first-order valence-electron chi connectivity index (χ1n) is 4.07. The fourth-order valence-electron chi connectivity index (χ4n) is 0.802.